The monoisotopic (exact) mass is 606 g/mol. The van der Waals surface area contributed by atoms with Crippen LogP contribution in [0.25, 0.3) is 27.2 Å². The fraction of sp³-hybridized carbons (Fsp3) is 0.273. The Balaban J connectivity index is 1.38. The van der Waals surface area contributed by atoms with Crippen molar-refractivity contribution in [1.82, 2.24) is 19.5 Å². The van der Waals surface area contributed by atoms with E-state index in [4.69, 9.17) is 27.9 Å². The molecule has 5 N–H and O–H groups in total. The third-order valence-electron chi connectivity index (χ3n) is 7.35. The van der Waals surface area contributed by atoms with E-state index in [1.807, 2.05) is 18.2 Å². The van der Waals surface area contributed by atoms with Crippen LogP contribution in [-0.2, 0) is 4.74 Å². The van der Waals surface area contributed by atoms with Crippen molar-refractivity contribution >= 4 is 29.4 Å². The van der Waals surface area contributed by atoms with Crippen molar-refractivity contribution in [3.8, 4) is 22.4 Å². The number of nitrogens with two attached hydrogens (primary N) is 2. The van der Waals surface area contributed by atoms with Crippen molar-refractivity contribution in [2.75, 3.05) is 17.7 Å². The molecule has 0 aliphatic carbocycles. The predicted octanol–water partition coefficient (Wildman–Crippen LogP) is 5.69. The number of primary amides is 1. The van der Waals surface area contributed by atoms with E-state index < -0.39 is 23.6 Å². The lowest BCUT2D eigenvalue weighted by atomic mass is 10.0. The van der Waals surface area contributed by atoms with E-state index in [0.29, 0.717) is 41.4 Å². The van der Waals surface area contributed by atoms with Gasteiger partial charge >= 0.3 is 6.09 Å². The first kappa shape index (κ1) is 30.7. The van der Waals surface area contributed by atoms with Crippen LogP contribution in [0, 0.1) is 6.57 Å². The summed E-state index contributed by atoms with van der Waals surface area (Å²) in [5, 5.41) is 2.81. The van der Waals surface area contributed by atoms with Gasteiger partial charge in [-0.05, 0) is 75.4 Å². The molecule has 2 aromatic heterocycles. The largest absolute Gasteiger partial charge is 0.444 e. The Hall–Kier alpha value is -5.70. The van der Waals surface area contributed by atoms with E-state index in [9.17, 15) is 14.4 Å². The van der Waals surface area contributed by atoms with Crippen LogP contribution in [0.4, 0.5) is 16.3 Å². The highest BCUT2D eigenvalue weighted by atomic mass is 16.6. The Morgan fingerprint density at radius 3 is 2.33 bits per heavy atom. The molecule has 12 nitrogen and oxygen atoms in total. The Morgan fingerprint density at radius 2 is 1.69 bits per heavy atom. The molecule has 1 aliphatic heterocycles. The topological polar surface area (TPSA) is 163 Å². The third kappa shape index (κ3) is 6.78. The van der Waals surface area contributed by atoms with Crippen LogP contribution < -0.4 is 16.9 Å². The Kier molecular flexibility index (Phi) is 8.54. The number of piperidine rings is 1. The van der Waals surface area contributed by atoms with Gasteiger partial charge in [0.25, 0.3) is 11.8 Å². The summed E-state index contributed by atoms with van der Waals surface area (Å²) >= 11 is 0. The molecule has 230 valence electrons. The first-order chi connectivity index (χ1) is 21.4. The molecule has 12 heteroatoms. The minimum Gasteiger partial charge on any atom is -0.444 e. The molecular formula is C33H34N8O4. The number of nitrogen functional groups attached to an aromatic ring is 1. The summed E-state index contributed by atoms with van der Waals surface area (Å²) in [5.74, 6) is 5.91. The zero-order valence-electron chi connectivity index (χ0n) is 25.3. The Bertz CT molecular complexity index is 1780. The van der Waals surface area contributed by atoms with Crippen molar-refractivity contribution in [2.45, 2.75) is 51.7 Å². The van der Waals surface area contributed by atoms with Gasteiger partial charge in [0, 0.05) is 23.9 Å². The van der Waals surface area contributed by atoms with Gasteiger partial charge in [-0.2, -0.15) is 0 Å². The molecule has 0 unspecified atom stereocenters. The SMILES string of the molecule is [C-]#[N+]c1ccc(-c2ccnc(NC(=O)c3ccc(-c4nc([C@@H]5CCCCN5C(=O)OC(C)(C)C)n(N)c4C(N)=O)cc3)c2)cc1. The molecule has 3 heterocycles. The molecule has 4 aromatic rings. The van der Waals surface area contributed by atoms with Crippen LogP contribution >= 0.6 is 0 Å². The lowest BCUT2D eigenvalue weighted by Crippen LogP contribution is -2.43. The second kappa shape index (κ2) is 12.5. The van der Waals surface area contributed by atoms with Crippen molar-refractivity contribution in [3.05, 3.63) is 95.4 Å². The number of anilines is 1. The van der Waals surface area contributed by atoms with Gasteiger partial charge in [0.2, 0.25) is 0 Å². The zero-order chi connectivity index (χ0) is 32.3. The average molecular weight is 607 g/mol. The molecule has 3 amide bonds. The van der Waals surface area contributed by atoms with E-state index >= 15 is 0 Å². The minimum atomic E-state index is -0.776. The summed E-state index contributed by atoms with van der Waals surface area (Å²) in [5.41, 5.74) is 8.43. The van der Waals surface area contributed by atoms with Crippen LogP contribution in [0.15, 0.2) is 66.9 Å². The number of nitrogens with zero attached hydrogens (tertiary/aromatic N) is 5. The fourth-order valence-corrected chi connectivity index (χ4v) is 5.24. The summed E-state index contributed by atoms with van der Waals surface area (Å²) in [7, 11) is 0. The summed E-state index contributed by atoms with van der Waals surface area (Å²) in [4.78, 5) is 52.6. The van der Waals surface area contributed by atoms with E-state index in [1.165, 1.54) is 0 Å². The van der Waals surface area contributed by atoms with Gasteiger partial charge in [-0.1, -0.05) is 36.4 Å². The first-order valence-corrected chi connectivity index (χ1v) is 14.5. The standard InChI is InChI=1S/C33H34N8O4/c1-33(2,3)45-32(44)40-18-6-5-7-25(40)30-39-27(28(29(34)42)41(30)35)21-8-10-22(11-9-21)31(43)38-26-19-23(16-17-37-26)20-12-14-24(36-4)15-13-20/h8-17,19,25H,5-7,18,35H2,1-3H3,(H2,34,42)(H,37,38,43)/t25-/m0/s1. The second-order valence-corrected chi connectivity index (χ2v) is 11.7. The van der Waals surface area contributed by atoms with Crippen molar-refractivity contribution in [3.63, 3.8) is 0 Å². The lowest BCUT2D eigenvalue weighted by molar-refractivity contribution is 0.00821. The molecule has 0 bridgehead atoms. The number of imidazole rings is 1. The molecule has 1 fully saturated rings. The van der Waals surface area contributed by atoms with Gasteiger partial charge < -0.3 is 21.6 Å². The number of likely N-dealkylation sites (tertiary alicyclic amines) is 1. The number of aromatic nitrogens is 3. The van der Waals surface area contributed by atoms with Crippen molar-refractivity contribution in [1.29, 1.82) is 0 Å². The van der Waals surface area contributed by atoms with Crippen LogP contribution in [0.3, 0.4) is 0 Å². The maximum atomic E-state index is 13.1. The van der Waals surface area contributed by atoms with Crippen LogP contribution in [0.5, 0.6) is 0 Å². The molecule has 0 spiro atoms. The number of carbonyl (C=O) groups excluding carboxylic acids is 3. The molecule has 1 atom stereocenters. The van der Waals surface area contributed by atoms with Crippen LogP contribution in [0.2, 0.25) is 0 Å². The van der Waals surface area contributed by atoms with E-state index in [1.54, 1.807) is 74.3 Å². The van der Waals surface area contributed by atoms with Crippen molar-refractivity contribution in [2.24, 2.45) is 5.73 Å². The molecule has 0 saturated carbocycles. The molecule has 45 heavy (non-hydrogen) atoms. The maximum Gasteiger partial charge on any atom is 0.410 e. The normalized spacial score (nSPS) is 14.8. The van der Waals surface area contributed by atoms with Crippen LogP contribution in [-0.4, -0.2) is 49.6 Å². The highest BCUT2D eigenvalue weighted by molar-refractivity contribution is 6.04. The molecular weight excluding hydrogens is 572 g/mol. The number of hydrogen-bond acceptors (Lipinski definition) is 7. The van der Waals surface area contributed by atoms with Gasteiger partial charge in [-0.15, -0.1) is 0 Å². The number of nitrogens with one attached hydrogen (secondary N) is 1. The Labute approximate surface area is 260 Å². The second-order valence-electron chi connectivity index (χ2n) is 11.7. The van der Waals surface area contributed by atoms with Gasteiger partial charge in [0.1, 0.15) is 17.1 Å². The number of amides is 3. The molecule has 0 radical (unpaired) electrons. The number of ether oxygens (including phenoxy) is 1. The van der Waals surface area contributed by atoms with Gasteiger partial charge in [0.15, 0.2) is 17.2 Å². The minimum absolute atomic E-state index is 0.0117. The molecule has 1 aliphatic rings. The van der Waals surface area contributed by atoms with Crippen LogP contribution in [0.1, 0.15) is 72.7 Å². The summed E-state index contributed by atoms with van der Waals surface area (Å²) < 4.78 is 6.77. The average Bonchev–Trinajstić information content (AvgIpc) is 3.37. The maximum absolute atomic E-state index is 13.1. The predicted molar refractivity (Wildman–Crippen MR) is 170 cm³/mol. The summed E-state index contributed by atoms with van der Waals surface area (Å²) in [6.45, 7) is 13.0. The number of carbonyl (C=O) groups is 3. The summed E-state index contributed by atoms with van der Waals surface area (Å²) in [6.07, 6.45) is 3.35. The third-order valence-corrected chi connectivity index (χ3v) is 7.35. The smallest absolute Gasteiger partial charge is 0.410 e. The van der Waals surface area contributed by atoms with E-state index in [-0.39, 0.29) is 17.3 Å². The zero-order valence-corrected chi connectivity index (χ0v) is 25.3. The quantitative estimate of drug-likeness (QED) is 0.187. The van der Waals surface area contributed by atoms with Crippen molar-refractivity contribution < 1.29 is 19.1 Å². The lowest BCUT2D eigenvalue weighted by Gasteiger charge is -2.36. The highest BCUT2D eigenvalue weighted by Crippen LogP contribution is 2.34. The molecule has 1 saturated heterocycles. The molecule has 2 aromatic carbocycles. The highest BCUT2D eigenvalue weighted by Gasteiger charge is 2.36. The van der Waals surface area contributed by atoms with Gasteiger partial charge in [-0.3, -0.25) is 14.5 Å². The number of hydrogen-bond donors (Lipinski definition) is 3. The fourth-order valence-electron chi connectivity index (χ4n) is 5.24. The number of benzene rings is 2. The molecule has 5 rings (SSSR count). The van der Waals surface area contributed by atoms with Gasteiger partial charge in [-0.25, -0.2) is 24.3 Å². The summed E-state index contributed by atoms with van der Waals surface area (Å²) in [6, 6.07) is 16.7. The van der Waals surface area contributed by atoms with E-state index in [0.717, 1.165) is 28.6 Å². The first-order valence-electron chi connectivity index (χ1n) is 14.5. The van der Waals surface area contributed by atoms with Gasteiger partial charge in [0.05, 0.1) is 12.6 Å². The Morgan fingerprint density at radius 1 is 1.00 bits per heavy atom. The van der Waals surface area contributed by atoms with E-state index in [2.05, 4.69) is 15.1 Å². The number of rotatable bonds is 6. The number of pyridine rings is 1.